The van der Waals surface area contributed by atoms with Crippen LogP contribution < -0.4 is 4.90 Å². The predicted octanol–water partition coefficient (Wildman–Crippen LogP) is 6.05. The number of amides is 1. The quantitative estimate of drug-likeness (QED) is 0.628. The molecule has 0 spiro atoms. The van der Waals surface area contributed by atoms with Gasteiger partial charge in [-0.05, 0) is 43.2 Å². The Morgan fingerprint density at radius 2 is 1.74 bits per heavy atom. The van der Waals surface area contributed by atoms with E-state index in [-0.39, 0.29) is 11.8 Å². The van der Waals surface area contributed by atoms with Crippen LogP contribution in [0.2, 0.25) is 5.02 Å². The average molecular weight is 344 g/mol. The summed E-state index contributed by atoms with van der Waals surface area (Å²) in [4.78, 5) is 17.4. The first-order valence-corrected chi connectivity index (χ1v) is 9.34. The van der Waals surface area contributed by atoms with Crippen molar-refractivity contribution in [2.24, 2.45) is 5.92 Å². The van der Waals surface area contributed by atoms with E-state index < -0.39 is 0 Å². The fourth-order valence-corrected chi connectivity index (χ4v) is 4.70. The van der Waals surface area contributed by atoms with Gasteiger partial charge in [-0.2, -0.15) is 0 Å². The molecule has 0 N–H and O–H groups in total. The number of para-hydroxylation sites is 1. The first kappa shape index (κ1) is 15.1. The van der Waals surface area contributed by atoms with Crippen molar-refractivity contribution >= 4 is 40.6 Å². The van der Waals surface area contributed by atoms with Crippen LogP contribution in [-0.2, 0) is 4.79 Å². The molecule has 1 aliphatic carbocycles. The molecule has 4 rings (SSSR count). The third-order valence-electron chi connectivity index (χ3n) is 4.66. The molecule has 1 aliphatic heterocycles. The van der Waals surface area contributed by atoms with Crippen molar-refractivity contribution in [3.63, 3.8) is 0 Å². The topological polar surface area (TPSA) is 20.3 Å². The SMILES string of the molecule is O=C(C1CCCCC1)N1c2ccccc2Sc2ccc(Cl)cc21. The van der Waals surface area contributed by atoms with Gasteiger partial charge in [0.2, 0.25) is 5.91 Å². The lowest BCUT2D eigenvalue weighted by Gasteiger charge is -2.34. The second kappa shape index (κ2) is 6.21. The van der Waals surface area contributed by atoms with Gasteiger partial charge in [-0.25, -0.2) is 0 Å². The predicted molar refractivity (Wildman–Crippen MR) is 95.7 cm³/mol. The third-order valence-corrected chi connectivity index (χ3v) is 6.03. The smallest absolute Gasteiger partial charge is 0.234 e. The molecule has 0 atom stereocenters. The van der Waals surface area contributed by atoms with Crippen LogP contribution in [-0.4, -0.2) is 5.91 Å². The van der Waals surface area contributed by atoms with Gasteiger partial charge in [0.15, 0.2) is 0 Å². The summed E-state index contributed by atoms with van der Waals surface area (Å²) < 4.78 is 0. The highest BCUT2D eigenvalue weighted by Gasteiger charge is 2.33. The second-order valence-corrected chi connectivity index (χ2v) is 7.71. The Kier molecular flexibility index (Phi) is 4.08. The number of fused-ring (bicyclic) bond motifs is 2. The number of hydrogen-bond donors (Lipinski definition) is 0. The number of halogens is 1. The van der Waals surface area contributed by atoms with Gasteiger partial charge < -0.3 is 0 Å². The molecule has 118 valence electrons. The number of nitrogens with zero attached hydrogens (tertiary/aromatic N) is 1. The molecule has 1 fully saturated rings. The number of anilines is 2. The standard InChI is InChI=1S/C19H18ClNOS/c20-14-10-11-18-16(12-14)21(15-8-4-5-9-17(15)23-18)19(22)13-6-2-1-3-7-13/h4-5,8-13H,1-3,6-7H2. The number of hydrogen-bond acceptors (Lipinski definition) is 2. The normalized spacial score (nSPS) is 17.5. The Hall–Kier alpha value is -1.45. The van der Waals surface area contributed by atoms with Crippen molar-refractivity contribution in [3.8, 4) is 0 Å². The van der Waals surface area contributed by atoms with Gasteiger partial charge >= 0.3 is 0 Å². The van der Waals surface area contributed by atoms with Crippen LogP contribution in [0.15, 0.2) is 52.3 Å². The van der Waals surface area contributed by atoms with E-state index in [2.05, 4.69) is 6.07 Å². The summed E-state index contributed by atoms with van der Waals surface area (Å²) in [6, 6.07) is 14.0. The van der Waals surface area contributed by atoms with Crippen LogP contribution >= 0.6 is 23.4 Å². The highest BCUT2D eigenvalue weighted by molar-refractivity contribution is 7.99. The highest BCUT2D eigenvalue weighted by Crippen LogP contribution is 2.49. The molecular weight excluding hydrogens is 326 g/mol. The van der Waals surface area contributed by atoms with Crippen LogP contribution in [0, 0.1) is 5.92 Å². The number of carbonyl (C=O) groups is 1. The minimum atomic E-state index is 0.131. The third kappa shape index (κ3) is 2.77. The Labute approximate surface area is 145 Å². The fraction of sp³-hybridized carbons (Fsp3) is 0.316. The molecule has 2 aromatic rings. The Morgan fingerprint density at radius 1 is 1.00 bits per heavy atom. The second-order valence-electron chi connectivity index (χ2n) is 6.19. The van der Waals surface area contributed by atoms with E-state index in [0.29, 0.717) is 5.02 Å². The summed E-state index contributed by atoms with van der Waals surface area (Å²) in [5.41, 5.74) is 1.92. The zero-order valence-corrected chi connectivity index (χ0v) is 14.4. The maximum Gasteiger partial charge on any atom is 0.234 e. The van der Waals surface area contributed by atoms with Crippen LogP contribution in [0.25, 0.3) is 0 Å². The molecule has 1 saturated carbocycles. The molecule has 2 nitrogen and oxygen atoms in total. The first-order valence-electron chi connectivity index (χ1n) is 8.14. The molecule has 0 saturated heterocycles. The molecule has 1 heterocycles. The molecule has 1 amide bonds. The van der Waals surface area contributed by atoms with Crippen molar-refractivity contribution in [3.05, 3.63) is 47.5 Å². The molecule has 2 aliphatic rings. The first-order chi connectivity index (χ1) is 11.2. The number of rotatable bonds is 1. The summed E-state index contributed by atoms with van der Waals surface area (Å²) in [6.45, 7) is 0. The summed E-state index contributed by atoms with van der Waals surface area (Å²) >= 11 is 7.92. The van der Waals surface area contributed by atoms with Gasteiger partial charge in [0.25, 0.3) is 0 Å². The average Bonchev–Trinajstić information content (AvgIpc) is 2.60. The van der Waals surface area contributed by atoms with E-state index in [4.69, 9.17) is 11.6 Å². The monoisotopic (exact) mass is 343 g/mol. The molecule has 0 aromatic heterocycles. The number of benzene rings is 2. The highest BCUT2D eigenvalue weighted by atomic mass is 35.5. The summed E-state index contributed by atoms with van der Waals surface area (Å²) in [5, 5.41) is 0.671. The van der Waals surface area contributed by atoms with Crippen molar-refractivity contribution in [2.75, 3.05) is 4.90 Å². The molecule has 0 radical (unpaired) electrons. The molecular formula is C19H18ClNOS. The van der Waals surface area contributed by atoms with Gasteiger partial charge in [0, 0.05) is 20.7 Å². The fourth-order valence-electron chi connectivity index (χ4n) is 3.50. The van der Waals surface area contributed by atoms with E-state index in [0.717, 1.165) is 46.8 Å². The van der Waals surface area contributed by atoms with Crippen molar-refractivity contribution < 1.29 is 4.79 Å². The van der Waals surface area contributed by atoms with Gasteiger partial charge in [-0.15, -0.1) is 0 Å². The van der Waals surface area contributed by atoms with Crippen molar-refractivity contribution in [1.82, 2.24) is 0 Å². The van der Waals surface area contributed by atoms with Crippen molar-refractivity contribution in [1.29, 1.82) is 0 Å². The maximum atomic E-state index is 13.3. The molecule has 23 heavy (non-hydrogen) atoms. The van der Waals surface area contributed by atoms with Gasteiger partial charge in [0.1, 0.15) is 0 Å². The van der Waals surface area contributed by atoms with E-state index in [1.807, 2.05) is 41.3 Å². The van der Waals surface area contributed by atoms with E-state index in [1.54, 1.807) is 11.8 Å². The molecule has 0 unspecified atom stereocenters. The van der Waals surface area contributed by atoms with Crippen LogP contribution in [0.5, 0.6) is 0 Å². The minimum Gasteiger partial charge on any atom is -0.278 e. The summed E-state index contributed by atoms with van der Waals surface area (Å²) in [5.74, 6) is 0.354. The summed E-state index contributed by atoms with van der Waals surface area (Å²) in [6.07, 6.45) is 5.56. The zero-order valence-electron chi connectivity index (χ0n) is 12.8. The summed E-state index contributed by atoms with van der Waals surface area (Å²) in [7, 11) is 0. The lowest BCUT2D eigenvalue weighted by atomic mass is 9.88. The zero-order chi connectivity index (χ0) is 15.8. The minimum absolute atomic E-state index is 0.131. The molecule has 0 bridgehead atoms. The van der Waals surface area contributed by atoms with Crippen LogP contribution in [0.4, 0.5) is 11.4 Å². The van der Waals surface area contributed by atoms with Crippen molar-refractivity contribution in [2.45, 2.75) is 41.9 Å². The van der Waals surface area contributed by atoms with E-state index in [9.17, 15) is 4.79 Å². The lowest BCUT2D eigenvalue weighted by Crippen LogP contribution is -2.35. The maximum absolute atomic E-state index is 13.3. The Bertz CT molecular complexity index is 755. The Balaban J connectivity index is 1.81. The molecule has 4 heteroatoms. The van der Waals surface area contributed by atoms with E-state index in [1.165, 1.54) is 6.42 Å². The van der Waals surface area contributed by atoms with E-state index >= 15 is 0 Å². The van der Waals surface area contributed by atoms with Gasteiger partial charge in [-0.1, -0.05) is 54.8 Å². The number of carbonyl (C=O) groups excluding carboxylic acids is 1. The largest absolute Gasteiger partial charge is 0.278 e. The van der Waals surface area contributed by atoms with Gasteiger partial charge in [0.05, 0.1) is 11.4 Å². The Morgan fingerprint density at radius 3 is 2.57 bits per heavy atom. The van der Waals surface area contributed by atoms with Crippen LogP contribution in [0.1, 0.15) is 32.1 Å². The molecule has 2 aromatic carbocycles. The van der Waals surface area contributed by atoms with Gasteiger partial charge in [-0.3, -0.25) is 9.69 Å². The lowest BCUT2D eigenvalue weighted by molar-refractivity contribution is -0.122. The van der Waals surface area contributed by atoms with Crippen LogP contribution in [0.3, 0.4) is 0 Å².